The number of aromatic nitrogens is 2. The molecule has 1 saturated carbocycles. The topological polar surface area (TPSA) is 29.0 Å². The van der Waals surface area contributed by atoms with E-state index in [2.05, 4.69) is 28.7 Å². The first-order chi connectivity index (χ1) is 7.66. The number of aryl methyl sites for hydroxylation is 1. The number of rotatable bonds is 2. The third-order valence-electron chi connectivity index (χ3n) is 4.12. The minimum atomic E-state index is 0.848. The Bertz CT molecular complexity index is 373. The van der Waals surface area contributed by atoms with Crippen LogP contribution in [0.5, 0.6) is 0 Å². The van der Waals surface area contributed by atoms with Gasteiger partial charge < -0.3 is 4.90 Å². The van der Waals surface area contributed by atoms with E-state index >= 15 is 0 Å². The maximum Gasteiger partial charge on any atom is 0.147 e. The molecular weight excluding hydrogens is 198 g/mol. The smallest absolute Gasteiger partial charge is 0.147 e. The Morgan fingerprint density at radius 3 is 2.38 bits per heavy atom. The highest BCUT2D eigenvalue weighted by molar-refractivity contribution is 5.40. The lowest BCUT2D eigenvalue weighted by molar-refractivity contribution is 0.479. The number of fused-ring (bicyclic) bond motifs is 1. The fourth-order valence-corrected chi connectivity index (χ4v) is 3.30. The Labute approximate surface area is 96.9 Å². The molecule has 1 aromatic heterocycles. The molecule has 16 heavy (non-hydrogen) atoms. The Kier molecular flexibility index (Phi) is 2.16. The summed E-state index contributed by atoms with van der Waals surface area (Å²) in [6.07, 6.45) is 3.77. The van der Waals surface area contributed by atoms with Crippen LogP contribution in [-0.2, 0) is 0 Å². The van der Waals surface area contributed by atoms with Crippen LogP contribution in [0, 0.1) is 30.6 Å². The minimum Gasteiger partial charge on any atom is -0.355 e. The molecule has 2 atom stereocenters. The summed E-state index contributed by atoms with van der Waals surface area (Å²) >= 11 is 0. The van der Waals surface area contributed by atoms with Gasteiger partial charge in [-0.05, 0) is 30.6 Å². The van der Waals surface area contributed by atoms with Crippen LogP contribution in [0.2, 0.25) is 0 Å². The van der Waals surface area contributed by atoms with Crippen LogP contribution in [0.25, 0.3) is 0 Å². The second-order valence-electron chi connectivity index (χ2n) is 5.57. The summed E-state index contributed by atoms with van der Waals surface area (Å²) in [7, 11) is 0. The third-order valence-corrected chi connectivity index (χ3v) is 4.12. The molecule has 0 radical (unpaired) electrons. The molecule has 0 aromatic carbocycles. The van der Waals surface area contributed by atoms with Gasteiger partial charge in [-0.3, -0.25) is 4.98 Å². The van der Waals surface area contributed by atoms with E-state index in [0.29, 0.717) is 0 Å². The van der Waals surface area contributed by atoms with Crippen LogP contribution in [-0.4, -0.2) is 23.1 Å². The van der Waals surface area contributed by atoms with E-state index in [1.165, 1.54) is 13.1 Å². The SMILES string of the molecule is Cc1cnc(N2CC3C(C2)C3C(C)C)cn1. The summed E-state index contributed by atoms with van der Waals surface area (Å²) < 4.78 is 0. The third kappa shape index (κ3) is 1.49. The summed E-state index contributed by atoms with van der Waals surface area (Å²) in [5.41, 5.74) is 0.994. The van der Waals surface area contributed by atoms with Crippen molar-refractivity contribution in [2.45, 2.75) is 20.8 Å². The van der Waals surface area contributed by atoms with E-state index in [1.54, 1.807) is 0 Å². The van der Waals surface area contributed by atoms with Gasteiger partial charge in [0.1, 0.15) is 5.82 Å². The van der Waals surface area contributed by atoms with Crippen molar-refractivity contribution in [1.29, 1.82) is 0 Å². The maximum atomic E-state index is 4.45. The minimum absolute atomic E-state index is 0.848. The second-order valence-corrected chi connectivity index (χ2v) is 5.57. The first-order valence-electron chi connectivity index (χ1n) is 6.20. The Morgan fingerprint density at radius 2 is 1.88 bits per heavy atom. The van der Waals surface area contributed by atoms with E-state index in [4.69, 9.17) is 0 Å². The zero-order chi connectivity index (χ0) is 11.3. The van der Waals surface area contributed by atoms with Crippen molar-refractivity contribution in [2.75, 3.05) is 18.0 Å². The van der Waals surface area contributed by atoms with Crippen LogP contribution < -0.4 is 4.90 Å². The Hall–Kier alpha value is -1.12. The van der Waals surface area contributed by atoms with Gasteiger partial charge in [0, 0.05) is 13.1 Å². The van der Waals surface area contributed by atoms with Crippen molar-refractivity contribution >= 4 is 5.82 Å². The summed E-state index contributed by atoms with van der Waals surface area (Å²) in [5.74, 6) is 4.71. The highest BCUT2D eigenvalue weighted by atomic mass is 15.2. The van der Waals surface area contributed by atoms with E-state index < -0.39 is 0 Å². The molecule has 2 fully saturated rings. The van der Waals surface area contributed by atoms with Crippen molar-refractivity contribution in [1.82, 2.24) is 9.97 Å². The molecule has 1 aromatic rings. The number of anilines is 1. The first kappa shape index (κ1) is 10.1. The van der Waals surface area contributed by atoms with Crippen molar-refractivity contribution in [3.05, 3.63) is 18.1 Å². The molecule has 2 unspecified atom stereocenters. The van der Waals surface area contributed by atoms with Crippen molar-refractivity contribution in [3.63, 3.8) is 0 Å². The molecule has 3 nitrogen and oxygen atoms in total. The second kappa shape index (κ2) is 3.44. The Morgan fingerprint density at radius 1 is 1.19 bits per heavy atom. The number of piperidine rings is 1. The monoisotopic (exact) mass is 217 g/mol. The van der Waals surface area contributed by atoms with E-state index in [1.807, 2.05) is 19.3 Å². The van der Waals surface area contributed by atoms with Crippen LogP contribution >= 0.6 is 0 Å². The normalized spacial score (nSPS) is 32.0. The predicted molar refractivity (Wildman–Crippen MR) is 64.3 cm³/mol. The van der Waals surface area contributed by atoms with Gasteiger partial charge in [-0.1, -0.05) is 13.8 Å². The van der Waals surface area contributed by atoms with Crippen LogP contribution in [0.15, 0.2) is 12.4 Å². The highest BCUT2D eigenvalue weighted by Crippen LogP contribution is 2.55. The lowest BCUT2D eigenvalue weighted by Gasteiger charge is -2.21. The maximum absolute atomic E-state index is 4.45. The number of hydrogen-bond donors (Lipinski definition) is 0. The molecular formula is C13H19N3. The fraction of sp³-hybridized carbons (Fsp3) is 0.692. The van der Waals surface area contributed by atoms with Gasteiger partial charge in [0.2, 0.25) is 0 Å². The van der Waals surface area contributed by atoms with Crippen LogP contribution in [0.4, 0.5) is 5.82 Å². The standard InChI is InChI=1S/C13H19N3/c1-8(2)13-10-6-16(7-11(10)13)12-5-14-9(3)4-15-12/h4-5,8,10-11,13H,6-7H2,1-3H3. The van der Waals surface area contributed by atoms with Gasteiger partial charge >= 0.3 is 0 Å². The molecule has 3 heteroatoms. The lowest BCUT2D eigenvalue weighted by atomic mass is 10.0. The highest BCUT2D eigenvalue weighted by Gasteiger charge is 2.56. The summed E-state index contributed by atoms with van der Waals surface area (Å²) in [6, 6.07) is 0. The van der Waals surface area contributed by atoms with E-state index in [9.17, 15) is 0 Å². The summed E-state index contributed by atoms with van der Waals surface area (Å²) in [6.45, 7) is 9.04. The average Bonchev–Trinajstić information content (AvgIpc) is 2.77. The van der Waals surface area contributed by atoms with Gasteiger partial charge in [0.25, 0.3) is 0 Å². The van der Waals surface area contributed by atoms with Crippen LogP contribution in [0.3, 0.4) is 0 Å². The Balaban J connectivity index is 1.67. The lowest BCUT2D eigenvalue weighted by Crippen LogP contribution is -2.26. The zero-order valence-corrected chi connectivity index (χ0v) is 10.2. The number of hydrogen-bond acceptors (Lipinski definition) is 3. The molecule has 2 heterocycles. The largest absolute Gasteiger partial charge is 0.355 e. The molecule has 1 aliphatic carbocycles. The average molecular weight is 217 g/mol. The molecule has 0 amide bonds. The van der Waals surface area contributed by atoms with Gasteiger partial charge in [0.05, 0.1) is 18.1 Å². The van der Waals surface area contributed by atoms with Gasteiger partial charge in [-0.15, -0.1) is 0 Å². The van der Waals surface area contributed by atoms with E-state index in [0.717, 1.165) is 35.2 Å². The molecule has 1 saturated heterocycles. The molecule has 3 rings (SSSR count). The fourth-order valence-electron chi connectivity index (χ4n) is 3.30. The van der Waals surface area contributed by atoms with Crippen molar-refractivity contribution < 1.29 is 0 Å². The first-order valence-corrected chi connectivity index (χ1v) is 6.20. The predicted octanol–water partition coefficient (Wildman–Crippen LogP) is 2.12. The molecule has 0 N–H and O–H groups in total. The van der Waals surface area contributed by atoms with Gasteiger partial charge in [-0.2, -0.15) is 0 Å². The summed E-state index contributed by atoms with van der Waals surface area (Å²) in [5, 5.41) is 0. The quantitative estimate of drug-likeness (QED) is 0.760. The molecule has 0 bridgehead atoms. The van der Waals surface area contributed by atoms with Gasteiger partial charge in [-0.25, -0.2) is 4.98 Å². The zero-order valence-electron chi connectivity index (χ0n) is 10.2. The molecule has 2 aliphatic rings. The molecule has 0 spiro atoms. The van der Waals surface area contributed by atoms with Crippen LogP contribution in [0.1, 0.15) is 19.5 Å². The summed E-state index contributed by atoms with van der Waals surface area (Å²) in [4.78, 5) is 11.2. The molecule has 86 valence electrons. The molecule has 1 aliphatic heterocycles. The van der Waals surface area contributed by atoms with Crippen molar-refractivity contribution in [3.8, 4) is 0 Å². The van der Waals surface area contributed by atoms with Crippen molar-refractivity contribution in [2.24, 2.45) is 23.7 Å². The number of nitrogens with zero attached hydrogens (tertiary/aromatic N) is 3. The van der Waals surface area contributed by atoms with E-state index in [-0.39, 0.29) is 0 Å². The van der Waals surface area contributed by atoms with Gasteiger partial charge in [0.15, 0.2) is 0 Å².